The van der Waals surface area contributed by atoms with Crippen LogP contribution in [0.2, 0.25) is 0 Å². The summed E-state index contributed by atoms with van der Waals surface area (Å²) in [7, 11) is 0. The molecule has 2 atom stereocenters. The van der Waals surface area contributed by atoms with Crippen molar-refractivity contribution in [1.82, 2.24) is 5.32 Å². The van der Waals surface area contributed by atoms with Crippen molar-refractivity contribution in [3.8, 4) is 0 Å². The first kappa shape index (κ1) is 9.91. The minimum absolute atomic E-state index is 0.262. The van der Waals surface area contributed by atoms with Gasteiger partial charge in [-0.3, -0.25) is 4.79 Å². The standard InChI is InChI=1S/C12H19NO/c14-12-7-8-13-9-11(12)10-5-3-1-2-4-6-10/h3,5,10-11,13H,1-2,4,6-9H2. The van der Waals surface area contributed by atoms with Gasteiger partial charge in [-0.05, 0) is 25.2 Å². The van der Waals surface area contributed by atoms with Gasteiger partial charge in [-0.15, -0.1) is 0 Å². The third-order valence-corrected chi connectivity index (χ3v) is 3.38. The fourth-order valence-corrected chi connectivity index (χ4v) is 2.50. The summed E-state index contributed by atoms with van der Waals surface area (Å²) in [5.41, 5.74) is 0. The number of allylic oxidation sites excluding steroid dienone is 2. The maximum atomic E-state index is 11.7. The first-order chi connectivity index (χ1) is 6.88. The highest BCUT2D eigenvalue weighted by atomic mass is 16.1. The summed E-state index contributed by atoms with van der Waals surface area (Å²) in [4.78, 5) is 11.7. The molecule has 2 aliphatic rings. The minimum atomic E-state index is 0.262. The molecule has 14 heavy (non-hydrogen) atoms. The molecule has 1 aliphatic carbocycles. The van der Waals surface area contributed by atoms with Crippen molar-refractivity contribution in [2.24, 2.45) is 11.8 Å². The molecule has 0 aromatic heterocycles. The van der Waals surface area contributed by atoms with Crippen molar-refractivity contribution in [3.63, 3.8) is 0 Å². The van der Waals surface area contributed by atoms with Gasteiger partial charge >= 0.3 is 0 Å². The van der Waals surface area contributed by atoms with Crippen LogP contribution in [-0.2, 0) is 4.79 Å². The summed E-state index contributed by atoms with van der Waals surface area (Å²) >= 11 is 0. The number of hydrogen-bond acceptors (Lipinski definition) is 2. The van der Waals surface area contributed by atoms with Gasteiger partial charge in [0.1, 0.15) is 5.78 Å². The number of hydrogen-bond donors (Lipinski definition) is 1. The van der Waals surface area contributed by atoms with E-state index in [1.54, 1.807) is 0 Å². The Morgan fingerprint density at radius 3 is 3.14 bits per heavy atom. The summed E-state index contributed by atoms with van der Waals surface area (Å²) in [6.07, 6.45) is 10.2. The van der Waals surface area contributed by atoms with Crippen LogP contribution in [0.25, 0.3) is 0 Å². The molecular weight excluding hydrogens is 174 g/mol. The van der Waals surface area contributed by atoms with Gasteiger partial charge in [0.25, 0.3) is 0 Å². The largest absolute Gasteiger partial charge is 0.316 e. The third-order valence-electron chi connectivity index (χ3n) is 3.38. The SMILES string of the molecule is O=C1CCNCC1C1C=CCCCC1. The van der Waals surface area contributed by atoms with Crippen molar-refractivity contribution in [1.29, 1.82) is 0 Å². The lowest BCUT2D eigenvalue weighted by molar-refractivity contribution is -0.125. The molecule has 0 aromatic rings. The molecule has 0 radical (unpaired) electrons. The maximum Gasteiger partial charge on any atom is 0.139 e. The summed E-state index contributed by atoms with van der Waals surface area (Å²) in [5.74, 6) is 1.25. The zero-order valence-electron chi connectivity index (χ0n) is 8.67. The smallest absolute Gasteiger partial charge is 0.139 e. The van der Waals surface area contributed by atoms with Gasteiger partial charge in [-0.1, -0.05) is 18.6 Å². The Hall–Kier alpha value is -0.630. The lowest BCUT2D eigenvalue weighted by Gasteiger charge is -2.27. The summed E-state index contributed by atoms with van der Waals surface area (Å²) in [6.45, 7) is 1.78. The molecule has 2 rings (SSSR count). The topological polar surface area (TPSA) is 29.1 Å². The van der Waals surface area contributed by atoms with Gasteiger partial charge in [-0.25, -0.2) is 0 Å². The highest BCUT2D eigenvalue weighted by Gasteiger charge is 2.28. The van der Waals surface area contributed by atoms with Gasteiger partial charge in [0, 0.05) is 25.4 Å². The van der Waals surface area contributed by atoms with E-state index in [1.165, 1.54) is 25.7 Å². The molecule has 0 aromatic carbocycles. The van der Waals surface area contributed by atoms with Crippen LogP contribution in [0.15, 0.2) is 12.2 Å². The zero-order chi connectivity index (χ0) is 9.80. The lowest BCUT2D eigenvalue weighted by Crippen LogP contribution is -2.40. The molecule has 2 unspecified atom stereocenters. The normalized spacial score (nSPS) is 34.1. The second-order valence-electron chi connectivity index (χ2n) is 4.40. The van der Waals surface area contributed by atoms with E-state index >= 15 is 0 Å². The molecule has 1 N–H and O–H groups in total. The fraction of sp³-hybridized carbons (Fsp3) is 0.750. The molecule has 2 heteroatoms. The third kappa shape index (κ3) is 2.24. The van der Waals surface area contributed by atoms with Crippen LogP contribution in [0.5, 0.6) is 0 Å². The van der Waals surface area contributed by atoms with E-state index in [9.17, 15) is 4.79 Å². The molecule has 0 bridgehead atoms. The Balaban J connectivity index is 2.00. The first-order valence-electron chi connectivity index (χ1n) is 5.78. The van der Waals surface area contributed by atoms with Crippen LogP contribution in [0, 0.1) is 11.8 Å². The number of nitrogens with one attached hydrogen (secondary N) is 1. The van der Waals surface area contributed by atoms with Crippen molar-refractivity contribution in [3.05, 3.63) is 12.2 Å². The van der Waals surface area contributed by atoms with E-state index < -0.39 is 0 Å². The van der Waals surface area contributed by atoms with E-state index in [2.05, 4.69) is 17.5 Å². The van der Waals surface area contributed by atoms with Crippen molar-refractivity contribution in [2.45, 2.75) is 32.1 Å². The molecule has 0 amide bonds. The maximum absolute atomic E-state index is 11.7. The van der Waals surface area contributed by atoms with Crippen molar-refractivity contribution in [2.75, 3.05) is 13.1 Å². The highest BCUT2D eigenvalue weighted by molar-refractivity contribution is 5.82. The summed E-state index contributed by atoms with van der Waals surface area (Å²) in [5, 5.41) is 3.33. The number of piperidine rings is 1. The summed E-state index contributed by atoms with van der Waals surface area (Å²) in [6, 6.07) is 0. The number of rotatable bonds is 1. The van der Waals surface area contributed by atoms with Gasteiger partial charge < -0.3 is 5.32 Å². The quantitative estimate of drug-likeness (QED) is 0.644. The average Bonchev–Trinajstić information content (AvgIpc) is 2.47. The van der Waals surface area contributed by atoms with Gasteiger partial charge in [-0.2, -0.15) is 0 Å². The molecule has 0 saturated carbocycles. The second kappa shape index (κ2) is 4.74. The van der Waals surface area contributed by atoms with Gasteiger partial charge in [0.15, 0.2) is 0 Å². The number of carbonyl (C=O) groups excluding carboxylic acids is 1. The van der Waals surface area contributed by atoms with Crippen LogP contribution in [-0.4, -0.2) is 18.9 Å². The number of Topliss-reactive ketones (excluding diaryl/α,β-unsaturated/α-hetero) is 1. The van der Waals surface area contributed by atoms with Crippen LogP contribution >= 0.6 is 0 Å². The van der Waals surface area contributed by atoms with E-state index in [4.69, 9.17) is 0 Å². The molecule has 2 nitrogen and oxygen atoms in total. The Morgan fingerprint density at radius 1 is 1.36 bits per heavy atom. The zero-order valence-corrected chi connectivity index (χ0v) is 8.67. The molecule has 78 valence electrons. The van der Waals surface area contributed by atoms with Crippen molar-refractivity contribution >= 4 is 5.78 Å². The van der Waals surface area contributed by atoms with Gasteiger partial charge in [0.2, 0.25) is 0 Å². The van der Waals surface area contributed by atoms with Crippen LogP contribution in [0.3, 0.4) is 0 Å². The van der Waals surface area contributed by atoms with E-state index in [1.807, 2.05) is 0 Å². The number of ketones is 1. The molecule has 0 spiro atoms. The molecular formula is C12H19NO. The fourth-order valence-electron chi connectivity index (χ4n) is 2.50. The van der Waals surface area contributed by atoms with E-state index in [0.29, 0.717) is 11.7 Å². The monoisotopic (exact) mass is 193 g/mol. The van der Waals surface area contributed by atoms with Crippen LogP contribution in [0.1, 0.15) is 32.1 Å². The lowest BCUT2D eigenvalue weighted by atomic mass is 9.83. The predicted octanol–water partition coefficient (Wildman–Crippen LogP) is 1.91. The predicted molar refractivity (Wildman–Crippen MR) is 57.1 cm³/mol. The summed E-state index contributed by atoms with van der Waals surface area (Å²) < 4.78 is 0. The van der Waals surface area contributed by atoms with Crippen LogP contribution in [0.4, 0.5) is 0 Å². The van der Waals surface area contributed by atoms with Crippen LogP contribution < -0.4 is 5.32 Å². The van der Waals surface area contributed by atoms with Crippen molar-refractivity contribution < 1.29 is 4.79 Å². The van der Waals surface area contributed by atoms with Gasteiger partial charge in [0.05, 0.1) is 0 Å². The first-order valence-corrected chi connectivity index (χ1v) is 5.78. The second-order valence-corrected chi connectivity index (χ2v) is 4.40. The Kier molecular flexibility index (Phi) is 3.35. The van der Waals surface area contributed by atoms with E-state index in [-0.39, 0.29) is 5.92 Å². The average molecular weight is 193 g/mol. The molecule has 1 fully saturated rings. The Morgan fingerprint density at radius 2 is 2.29 bits per heavy atom. The molecule has 1 saturated heterocycles. The Bertz CT molecular complexity index is 234. The highest BCUT2D eigenvalue weighted by Crippen LogP contribution is 2.26. The minimum Gasteiger partial charge on any atom is -0.316 e. The number of carbonyl (C=O) groups is 1. The molecule has 1 heterocycles. The van der Waals surface area contributed by atoms with E-state index in [0.717, 1.165) is 19.5 Å². The molecule has 1 aliphatic heterocycles. The Labute approximate surface area is 85.8 Å².